The maximum absolute atomic E-state index is 6.46. The van der Waals surface area contributed by atoms with Gasteiger partial charge in [0.15, 0.2) is 0 Å². The predicted molar refractivity (Wildman–Crippen MR) is 175 cm³/mol. The van der Waals surface area contributed by atoms with Crippen molar-refractivity contribution in [3.05, 3.63) is 170 Å². The van der Waals surface area contributed by atoms with Gasteiger partial charge in [0.25, 0.3) is 0 Å². The number of fused-ring (bicyclic) bond motifs is 1. The van der Waals surface area contributed by atoms with Crippen molar-refractivity contribution in [2.24, 2.45) is 0 Å². The minimum atomic E-state index is 0.746. The molecule has 0 unspecified atom stereocenters. The van der Waals surface area contributed by atoms with Gasteiger partial charge in [0.2, 0.25) is 5.88 Å². The lowest BCUT2D eigenvalue weighted by atomic mass is 10.1. The lowest BCUT2D eigenvalue weighted by molar-refractivity contribution is 0.621. The number of hydrogen-bond donors (Lipinski definition) is 1. The zero-order chi connectivity index (χ0) is 28.1. The third-order valence-corrected chi connectivity index (χ3v) is 7.16. The van der Waals surface area contributed by atoms with E-state index in [9.17, 15) is 0 Å². The first kappa shape index (κ1) is 25.2. The molecule has 0 saturated carbocycles. The van der Waals surface area contributed by atoms with Gasteiger partial charge in [-0.25, -0.2) is 0 Å². The topological polar surface area (TPSA) is 31.6 Å². The van der Waals surface area contributed by atoms with Gasteiger partial charge in [0.05, 0.1) is 11.4 Å². The average molecular weight is 544 g/mol. The molecule has 0 aliphatic carbocycles. The molecule has 42 heavy (non-hydrogen) atoms. The third-order valence-electron chi connectivity index (χ3n) is 7.16. The van der Waals surface area contributed by atoms with Crippen LogP contribution in [-0.4, -0.2) is 0 Å². The highest BCUT2D eigenvalue weighted by molar-refractivity contribution is 5.89. The summed E-state index contributed by atoms with van der Waals surface area (Å²) in [5, 5.41) is 4.70. The Labute approximate surface area is 245 Å². The van der Waals surface area contributed by atoms with Gasteiger partial charge < -0.3 is 14.6 Å². The quantitative estimate of drug-likeness (QED) is 0.207. The van der Waals surface area contributed by atoms with Gasteiger partial charge in [0, 0.05) is 39.9 Å². The second-order valence-corrected chi connectivity index (χ2v) is 10.0. The molecule has 0 fully saturated rings. The Morgan fingerprint density at radius 2 is 0.857 bits per heavy atom. The van der Waals surface area contributed by atoms with Gasteiger partial charge in [0.1, 0.15) is 5.58 Å². The van der Waals surface area contributed by atoms with Crippen molar-refractivity contribution in [2.75, 3.05) is 15.1 Å². The van der Waals surface area contributed by atoms with Crippen LogP contribution in [0.5, 0.6) is 0 Å². The molecule has 0 atom stereocenters. The van der Waals surface area contributed by atoms with E-state index in [2.05, 4.69) is 130 Å². The largest absolute Gasteiger partial charge is 0.440 e. The molecule has 7 aromatic rings. The van der Waals surface area contributed by atoms with Crippen molar-refractivity contribution in [3.8, 4) is 0 Å². The van der Waals surface area contributed by atoms with Crippen LogP contribution in [-0.2, 0) is 0 Å². The molecule has 7 rings (SSSR count). The molecular formula is C38H29N3O. The van der Waals surface area contributed by atoms with E-state index in [4.69, 9.17) is 4.42 Å². The lowest BCUT2D eigenvalue weighted by Gasteiger charge is -2.29. The van der Waals surface area contributed by atoms with Crippen LogP contribution in [0.3, 0.4) is 0 Å². The highest BCUT2D eigenvalue weighted by atomic mass is 16.4. The van der Waals surface area contributed by atoms with Gasteiger partial charge in [-0.3, -0.25) is 4.90 Å². The molecular weight excluding hydrogens is 514 g/mol. The molecule has 4 heteroatoms. The molecule has 202 valence electrons. The maximum atomic E-state index is 6.46. The molecule has 0 bridgehead atoms. The molecule has 0 aliphatic heterocycles. The first-order valence-electron chi connectivity index (χ1n) is 14.0. The van der Waals surface area contributed by atoms with Crippen molar-refractivity contribution in [1.29, 1.82) is 0 Å². The molecule has 4 nitrogen and oxygen atoms in total. The van der Waals surface area contributed by atoms with Crippen molar-refractivity contribution in [2.45, 2.75) is 0 Å². The van der Waals surface area contributed by atoms with Gasteiger partial charge >= 0.3 is 0 Å². The van der Waals surface area contributed by atoms with Crippen molar-refractivity contribution >= 4 is 56.7 Å². The van der Waals surface area contributed by atoms with Crippen LogP contribution >= 0.6 is 0 Å². The van der Waals surface area contributed by atoms with E-state index in [0.29, 0.717) is 0 Å². The second-order valence-electron chi connectivity index (χ2n) is 10.0. The highest BCUT2D eigenvalue weighted by Crippen LogP contribution is 2.43. The fraction of sp³-hybridized carbons (Fsp3) is 0. The van der Waals surface area contributed by atoms with Crippen LogP contribution < -0.4 is 15.1 Å². The highest BCUT2D eigenvalue weighted by Gasteiger charge is 2.21. The molecule has 0 aliphatic rings. The number of nitrogens with one attached hydrogen (secondary N) is 1. The Kier molecular flexibility index (Phi) is 6.85. The number of rotatable bonds is 8. The van der Waals surface area contributed by atoms with E-state index >= 15 is 0 Å². The summed E-state index contributed by atoms with van der Waals surface area (Å²) in [6.07, 6.45) is 0. The van der Waals surface area contributed by atoms with Crippen LogP contribution in [0.2, 0.25) is 0 Å². The minimum absolute atomic E-state index is 0.746. The maximum Gasteiger partial charge on any atom is 0.205 e. The monoisotopic (exact) mass is 543 g/mol. The molecule has 1 heterocycles. The Balaban J connectivity index is 1.45. The van der Waals surface area contributed by atoms with E-state index in [1.165, 1.54) is 0 Å². The van der Waals surface area contributed by atoms with Crippen molar-refractivity contribution in [1.82, 2.24) is 0 Å². The molecule has 0 saturated heterocycles. The lowest BCUT2D eigenvalue weighted by Crippen LogP contribution is -2.13. The number of furan rings is 1. The van der Waals surface area contributed by atoms with Gasteiger partial charge in [-0.15, -0.1) is 0 Å². The summed E-state index contributed by atoms with van der Waals surface area (Å²) >= 11 is 0. The molecule has 0 radical (unpaired) electrons. The van der Waals surface area contributed by atoms with Gasteiger partial charge in [-0.1, -0.05) is 91.0 Å². The van der Waals surface area contributed by atoms with E-state index in [0.717, 1.165) is 56.7 Å². The Bertz CT molecular complexity index is 1830. The van der Waals surface area contributed by atoms with Crippen molar-refractivity contribution < 1.29 is 4.42 Å². The normalized spacial score (nSPS) is 10.9. The molecule has 0 spiro atoms. The number of para-hydroxylation sites is 5. The van der Waals surface area contributed by atoms with E-state index in [1.807, 2.05) is 54.6 Å². The first-order valence-corrected chi connectivity index (χ1v) is 14.0. The predicted octanol–water partition coefficient (Wildman–Crippen LogP) is 11.1. The average Bonchev–Trinajstić information content (AvgIpc) is 3.47. The summed E-state index contributed by atoms with van der Waals surface area (Å²) in [5.74, 6) is 0.746. The fourth-order valence-corrected chi connectivity index (χ4v) is 5.27. The Hall–Kier alpha value is -5.74. The number of nitrogens with zero attached hydrogens (tertiary/aromatic N) is 2. The minimum Gasteiger partial charge on any atom is -0.440 e. The molecule has 1 aromatic heterocycles. The Morgan fingerprint density at radius 3 is 1.43 bits per heavy atom. The first-order chi connectivity index (χ1) is 20.8. The number of benzene rings is 6. The summed E-state index contributed by atoms with van der Waals surface area (Å²) in [7, 11) is 0. The standard InChI is InChI=1S/C38H29N3O/c1-5-16-30(17-6-1)39-31-26-35(40(32-18-7-2-8-19-32)33-20-9-3-10-21-33)28-36(27-31)41(34-22-11-4-12-23-34)38-25-29-15-13-14-24-37(29)42-38/h1-28,39H. The second kappa shape index (κ2) is 11.4. The molecule has 6 aromatic carbocycles. The summed E-state index contributed by atoms with van der Waals surface area (Å²) in [4.78, 5) is 4.45. The summed E-state index contributed by atoms with van der Waals surface area (Å²) in [5.41, 5.74) is 7.95. The van der Waals surface area contributed by atoms with Crippen LogP contribution in [0.4, 0.5) is 45.7 Å². The van der Waals surface area contributed by atoms with E-state index < -0.39 is 0 Å². The summed E-state index contributed by atoms with van der Waals surface area (Å²) in [6.45, 7) is 0. The zero-order valence-corrected chi connectivity index (χ0v) is 23.0. The zero-order valence-electron chi connectivity index (χ0n) is 23.0. The van der Waals surface area contributed by atoms with E-state index in [-0.39, 0.29) is 0 Å². The summed E-state index contributed by atoms with van der Waals surface area (Å²) in [6, 6.07) is 58.4. The van der Waals surface area contributed by atoms with Crippen molar-refractivity contribution in [3.63, 3.8) is 0 Å². The smallest absolute Gasteiger partial charge is 0.205 e. The molecule has 0 amide bonds. The molecule has 1 N–H and O–H groups in total. The SMILES string of the molecule is c1ccc(Nc2cc(N(c3ccccc3)c3ccccc3)cc(N(c3ccccc3)c3cc4ccccc4o3)c2)cc1. The summed E-state index contributed by atoms with van der Waals surface area (Å²) < 4.78 is 6.46. The van der Waals surface area contributed by atoms with E-state index in [1.54, 1.807) is 0 Å². The van der Waals surface area contributed by atoms with Crippen LogP contribution in [0.25, 0.3) is 11.0 Å². The van der Waals surface area contributed by atoms with Crippen LogP contribution in [0, 0.1) is 0 Å². The van der Waals surface area contributed by atoms with Gasteiger partial charge in [-0.05, 0) is 72.8 Å². The fourth-order valence-electron chi connectivity index (χ4n) is 5.27. The third kappa shape index (κ3) is 5.21. The number of anilines is 8. The van der Waals surface area contributed by atoms with Gasteiger partial charge in [-0.2, -0.15) is 0 Å². The Morgan fingerprint density at radius 1 is 0.381 bits per heavy atom. The number of hydrogen-bond acceptors (Lipinski definition) is 4. The van der Waals surface area contributed by atoms with Crippen LogP contribution in [0.15, 0.2) is 174 Å². The van der Waals surface area contributed by atoms with Crippen LogP contribution in [0.1, 0.15) is 0 Å².